The maximum absolute atomic E-state index is 13.4. The highest BCUT2D eigenvalue weighted by Gasteiger charge is 2.46. The van der Waals surface area contributed by atoms with Gasteiger partial charge in [0.2, 0.25) is 0 Å². The average molecular weight is 281 g/mol. The minimum absolute atomic E-state index is 0.0688. The van der Waals surface area contributed by atoms with Crippen molar-refractivity contribution >= 4 is 5.97 Å². The zero-order valence-corrected chi connectivity index (χ0v) is 11.2. The highest BCUT2D eigenvalue weighted by atomic mass is 19.2. The van der Waals surface area contributed by atoms with Gasteiger partial charge in [-0.25, -0.2) is 8.78 Å². The zero-order chi connectivity index (χ0) is 14.3. The van der Waals surface area contributed by atoms with Crippen LogP contribution in [0.15, 0.2) is 18.2 Å². The van der Waals surface area contributed by atoms with E-state index in [4.69, 9.17) is 4.74 Å². The lowest BCUT2D eigenvalue weighted by molar-refractivity contribution is -0.148. The molecule has 2 saturated heterocycles. The van der Waals surface area contributed by atoms with Gasteiger partial charge in [-0.05, 0) is 37.0 Å². The van der Waals surface area contributed by atoms with Crippen LogP contribution in [-0.4, -0.2) is 25.2 Å². The molecule has 3 rings (SSSR count). The summed E-state index contributed by atoms with van der Waals surface area (Å²) in [7, 11) is 1.37. The number of methoxy groups -OCH3 is 1. The molecule has 0 aromatic heterocycles. The van der Waals surface area contributed by atoms with Gasteiger partial charge < -0.3 is 10.1 Å². The van der Waals surface area contributed by atoms with Crippen molar-refractivity contribution in [2.24, 2.45) is 5.92 Å². The SMILES string of the molecule is COC(=O)[C@H]1[C@@H](c2ccc(F)c(F)c2)C[C@@H]2CC[C@H]1N2. The highest BCUT2D eigenvalue weighted by Crippen LogP contribution is 2.42. The molecule has 2 aliphatic rings. The van der Waals surface area contributed by atoms with E-state index < -0.39 is 11.6 Å². The number of hydrogen-bond donors (Lipinski definition) is 1. The smallest absolute Gasteiger partial charge is 0.310 e. The van der Waals surface area contributed by atoms with Crippen molar-refractivity contribution in [1.82, 2.24) is 5.32 Å². The molecule has 2 bridgehead atoms. The van der Waals surface area contributed by atoms with Crippen molar-refractivity contribution in [3.63, 3.8) is 0 Å². The van der Waals surface area contributed by atoms with Crippen molar-refractivity contribution < 1.29 is 18.3 Å². The molecule has 0 spiro atoms. The van der Waals surface area contributed by atoms with Crippen molar-refractivity contribution in [1.29, 1.82) is 0 Å². The Morgan fingerprint density at radius 3 is 2.80 bits per heavy atom. The third-order valence-electron chi connectivity index (χ3n) is 4.53. The van der Waals surface area contributed by atoms with Gasteiger partial charge in [0.1, 0.15) is 0 Å². The van der Waals surface area contributed by atoms with Crippen LogP contribution in [0.4, 0.5) is 8.78 Å². The largest absolute Gasteiger partial charge is 0.469 e. The van der Waals surface area contributed by atoms with E-state index in [1.807, 2.05) is 0 Å². The van der Waals surface area contributed by atoms with Crippen LogP contribution in [0.25, 0.3) is 0 Å². The number of carbonyl (C=O) groups is 1. The molecule has 0 aliphatic carbocycles. The fourth-order valence-electron chi connectivity index (χ4n) is 3.60. The molecule has 0 radical (unpaired) electrons. The summed E-state index contributed by atoms with van der Waals surface area (Å²) in [6, 6.07) is 4.33. The Labute approximate surface area is 116 Å². The molecule has 2 heterocycles. The molecular weight excluding hydrogens is 264 g/mol. The minimum atomic E-state index is -0.864. The van der Waals surface area contributed by atoms with E-state index >= 15 is 0 Å². The summed E-state index contributed by atoms with van der Waals surface area (Å²) in [5.41, 5.74) is 0.678. The van der Waals surface area contributed by atoms with Gasteiger partial charge in [0.25, 0.3) is 0 Å². The number of halogens is 2. The predicted octanol–water partition coefficient (Wildman–Crippen LogP) is 2.36. The quantitative estimate of drug-likeness (QED) is 0.846. The van der Waals surface area contributed by atoms with Gasteiger partial charge in [-0.3, -0.25) is 4.79 Å². The van der Waals surface area contributed by atoms with Gasteiger partial charge in [0.05, 0.1) is 13.0 Å². The molecule has 0 saturated carbocycles. The number of ether oxygens (including phenoxy) is 1. The Morgan fingerprint density at radius 2 is 2.10 bits per heavy atom. The number of nitrogens with one attached hydrogen (secondary N) is 1. The van der Waals surface area contributed by atoms with Crippen molar-refractivity contribution in [2.45, 2.75) is 37.3 Å². The van der Waals surface area contributed by atoms with E-state index in [1.165, 1.54) is 13.2 Å². The van der Waals surface area contributed by atoms with Gasteiger partial charge in [-0.1, -0.05) is 6.07 Å². The van der Waals surface area contributed by atoms with Crippen LogP contribution in [-0.2, 0) is 9.53 Å². The van der Waals surface area contributed by atoms with Crippen molar-refractivity contribution in [2.75, 3.05) is 7.11 Å². The Hall–Kier alpha value is -1.49. The Balaban J connectivity index is 1.96. The maximum atomic E-state index is 13.4. The summed E-state index contributed by atoms with van der Waals surface area (Å²) in [6.07, 6.45) is 2.68. The first-order valence-electron chi connectivity index (χ1n) is 6.89. The van der Waals surface area contributed by atoms with Crippen molar-refractivity contribution in [3.8, 4) is 0 Å². The van der Waals surface area contributed by atoms with Crippen LogP contribution in [0.3, 0.4) is 0 Å². The molecule has 20 heavy (non-hydrogen) atoms. The Kier molecular flexibility index (Phi) is 3.46. The molecule has 2 aliphatic heterocycles. The first-order chi connectivity index (χ1) is 9.60. The summed E-state index contributed by atoms with van der Waals surface area (Å²) < 4.78 is 31.4. The first kappa shape index (κ1) is 13.5. The van der Waals surface area contributed by atoms with E-state index in [0.29, 0.717) is 11.6 Å². The van der Waals surface area contributed by atoms with Crippen molar-refractivity contribution in [3.05, 3.63) is 35.4 Å². The van der Waals surface area contributed by atoms with Gasteiger partial charge in [-0.15, -0.1) is 0 Å². The molecule has 1 aromatic carbocycles. The molecule has 0 unspecified atom stereocenters. The minimum Gasteiger partial charge on any atom is -0.469 e. The van der Waals surface area contributed by atoms with Crippen LogP contribution in [0.1, 0.15) is 30.7 Å². The number of carbonyl (C=O) groups excluding carboxylic acids is 1. The summed E-state index contributed by atoms with van der Waals surface area (Å²) in [4.78, 5) is 12.1. The van der Waals surface area contributed by atoms with Gasteiger partial charge >= 0.3 is 5.97 Å². The number of fused-ring (bicyclic) bond motifs is 2. The standard InChI is InChI=1S/C15H17F2NO2/c1-20-15(19)14-10(7-9-3-5-13(14)18-9)8-2-4-11(16)12(17)6-8/h2,4,6,9-10,13-14,18H,3,5,7H2,1H3/t9-,10+,13+,14-/m0/s1. The molecule has 108 valence electrons. The zero-order valence-electron chi connectivity index (χ0n) is 11.2. The second kappa shape index (κ2) is 5.13. The second-order valence-corrected chi connectivity index (χ2v) is 5.61. The van der Waals surface area contributed by atoms with Crippen LogP contribution in [0, 0.1) is 17.6 Å². The monoisotopic (exact) mass is 281 g/mol. The number of rotatable bonds is 2. The van der Waals surface area contributed by atoms with E-state index in [0.717, 1.165) is 25.3 Å². The molecule has 1 N–H and O–H groups in total. The number of hydrogen-bond acceptors (Lipinski definition) is 3. The third kappa shape index (κ3) is 2.20. The molecule has 2 fully saturated rings. The number of benzene rings is 1. The first-order valence-corrected chi connectivity index (χ1v) is 6.89. The van der Waals surface area contributed by atoms with E-state index in [1.54, 1.807) is 6.07 Å². The fraction of sp³-hybridized carbons (Fsp3) is 0.533. The molecule has 4 atom stereocenters. The van der Waals surface area contributed by atoms with Gasteiger partial charge in [0, 0.05) is 18.0 Å². The highest BCUT2D eigenvalue weighted by molar-refractivity contribution is 5.75. The van der Waals surface area contributed by atoms with Gasteiger partial charge in [0.15, 0.2) is 11.6 Å². The number of esters is 1. The molecular formula is C15H17F2NO2. The third-order valence-corrected chi connectivity index (χ3v) is 4.53. The van der Waals surface area contributed by atoms with Crippen LogP contribution < -0.4 is 5.32 Å². The fourth-order valence-corrected chi connectivity index (χ4v) is 3.60. The maximum Gasteiger partial charge on any atom is 0.310 e. The summed E-state index contributed by atoms with van der Waals surface area (Å²) in [5, 5.41) is 3.41. The van der Waals surface area contributed by atoms with Crippen LogP contribution in [0.5, 0.6) is 0 Å². The Bertz CT molecular complexity index is 535. The van der Waals surface area contributed by atoms with E-state index in [2.05, 4.69) is 5.32 Å². The van der Waals surface area contributed by atoms with Gasteiger partial charge in [-0.2, -0.15) is 0 Å². The molecule has 1 aromatic rings. The van der Waals surface area contributed by atoms with Crippen LogP contribution >= 0.6 is 0 Å². The normalized spacial score (nSPS) is 32.1. The topological polar surface area (TPSA) is 38.3 Å². The molecule has 5 heteroatoms. The molecule has 3 nitrogen and oxygen atoms in total. The second-order valence-electron chi connectivity index (χ2n) is 5.61. The lowest BCUT2D eigenvalue weighted by Gasteiger charge is -2.36. The average Bonchev–Trinajstić information content (AvgIpc) is 2.82. The van der Waals surface area contributed by atoms with E-state index in [-0.39, 0.29) is 23.8 Å². The Morgan fingerprint density at radius 1 is 1.30 bits per heavy atom. The lowest BCUT2D eigenvalue weighted by atomic mass is 9.77. The summed E-state index contributed by atoms with van der Waals surface area (Å²) >= 11 is 0. The molecule has 0 amide bonds. The van der Waals surface area contributed by atoms with Crippen LogP contribution in [0.2, 0.25) is 0 Å². The lowest BCUT2D eigenvalue weighted by Crippen LogP contribution is -2.48. The predicted molar refractivity (Wildman–Crippen MR) is 69.2 cm³/mol. The summed E-state index contributed by atoms with van der Waals surface area (Å²) in [5.74, 6) is -2.45. The summed E-state index contributed by atoms with van der Waals surface area (Å²) in [6.45, 7) is 0. The van der Waals surface area contributed by atoms with E-state index in [9.17, 15) is 13.6 Å². The number of piperidine rings is 1.